The molecule has 0 radical (unpaired) electrons. The van der Waals surface area contributed by atoms with E-state index in [2.05, 4.69) is 29.5 Å². The highest BCUT2D eigenvalue weighted by atomic mass is 16.2. The van der Waals surface area contributed by atoms with Crippen molar-refractivity contribution in [3.05, 3.63) is 53.1 Å². The SMILES string of the molecule is CC(C)CCNC(=O)c1nc(C(=O)NCCc2ccccc2)n2c1CCCC2. The van der Waals surface area contributed by atoms with Gasteiger partial charge in [0, 0.05) is 19.6 Å². The second-order valence-corrected chi connectivity index (χ2v) is 7.77. The van der Waals surface area contributed by atoms with E-state index in [4.69, 9.17) is 0 Å². The van der Waals surface area contributed by atoms with E-state index in [1.54, 1.807) is 0 Å². The van der Waals surface area contributed by atoms with E-state index in [0.29, 0.717) is 30.5 Å². The van der Waals surface area contributed by atoms with Crippen molar-refractivity contribution in [2.45, 2.75) is 52.5 Å². The molecule has 2 heterocycles. The molecule has 1 aliphatic rings. The number of hydrogen-bond acceptors (Lipinski definition) is 3. The molecule has 28 heavy (non-hydrogen) atoms. The first-order chi connectivity index (χ1) is 13.6. The lowest BCUT2D eigenvalue weighted by molar-refractivity contribution is 0.0938. The highest BCUT2D eigenvalue weighted by Crippen LogP contribution is 2.21. The molecule has 1 aromatic heterocycles. The Labute approximate surface area is 166 Å². The van der Waals surface area contributed by atoms with Crippen LogP contribution in [0.1, 0.15) is 65.5 Å². The van der Waals surface area contributed by atoms with E-state index >= 15 is 0 Å². The van der Waals surface area contributed by atoms with E-state index in [9.17, 15) is 9.59 Å². The Morgan fingerprint density at radius 3 is 2.57 bits per heavy atom. The van der Waals surface area contributed by atoms with Gasteiger partial charge in [-0.1, -0.05) is 44.2 Å². The van der Waals surface area contributed by atoms with Crippen LogP contribution in [0.5, 0.6) is 0 Å². The fourth-order valence-corrected chi connectivity index (χ4v) is 3.50. The standard InChI is InChI=1S/C22H30N4O2/c1-16(2)11-13-23-21(27)19-18-10-6-7-15-26(18)20(25-19)22(28)24-14-12-17-8-4-3-5-9-17/h3-5,8-9,16H,6-7,10-15H2,1-2H3,(H,23,27)(H,24,28). The molecule has 0 bridgehead atoms. The number of benzene rings is 1. The summed E-state index contributed by atoms with van der Waals surface area (Å²) in [5.74, 6) is 0.508. The number of fused-ring (bicyclic) bond motifs is 1. The van der Waals surface area contributed by atoms with Crippen LogP contribution in [0.3, 0.4) is 0 Å². The van der Waals surface area contributed by atoms with E-state index in [1.807, 2.05) is 34.9 Å². The van der Waals surface area contributed by atoms with Crippen molar-refractivity contribution in [3.63, 3.8) is 0 Å². The van der Waals surface area contributed by atoms with Gasteiger partial charge in [-0.2, -0.15) is 0 Å². The Balaban J connectivity index is 1.67. The van der Waals surface area contributed by atoms with Crippen molar-refractivity contribution >= 4 is 11.8 Å². The zero-order valence-electron chi connectivity index (χ0n) is 16.8. The van der Waals surface area contributed by atoms with E-state index in [-0.39, 0.29) is 11.8 Å². The van der Waals surface area contributed by atoms with E-state index in [1.165, 1.54) is 5.56 Å². The van der Waals surface area contributed by atoms with Gasteiger partial charge in [0.25, 0.3) is 11.8 Å². The molecule has 1 aromatic carbocycles. The topological polar surface area (TPSA) is 76.0 Å². The molecule has 0 atom stereocenters. The molecule has 150 valence electrons. The summed E-state index contributed by atoms with van der Waals surface area (Å²) in [7, 11) is 0. The van der Waals surface area contributed by atoms with Crippen LogP contribution in [-0.2, 0) is 19.4 Å². The predicted octanol–water partition coefficient (Wildman–Crippen LogP) is 2.97. The number of imidazole rings is 1. The lowest BCUT2D eigenvalue weighted by Crippen LogP contribution is -2.29. The molecule has 0 aliphatic carbocycles. The zero-order valence-corrected chi connectivity index (χ0v) is 16.8. The number of aromatic nitrogens is 2. The van der Waals surface area contributed by atoms with Gasteiger partial charge >= 0.3 is 0 Å². The minimum atomic E-state index is -0.208. The molecule has 0 saturated heterocycles. The van der Waals surface area contributed by atoms with Crippen molar-refractivity contribution in [2.75, 3.05) is 13.1 Å². The lowest BCUT2D eigenvalue weighted by atomic mass is 10.1. The largest absolute Gasteiger partial charge is 0.351 e. The number of hydrogen-bond donors (Lipinski definition) is 2. The van der Waals surface area contributed by atoms with Crippen LogP contribution in [0.25, 0.3) is 0 Å². The maximum Gasteiger partial charge on any atom is 0.287 e. The third kappa shape index (κ3) is 5.00. The third-order valence-electron chi connectivity index (χ3n) is 5.09. The lowest BCUT2D eigenvalue weighted by Gasteiger charge is -2.17. The smallest absolute Gasteiger partial charge is 0.287 e. The van der Waals surface area contributed by atoms with Gasteiger partial charge in [0.05, 0.1) is 5.69 Å². The second kappa shape index (κ2) is 9.53. The van der Waals surface area contributed by atoms with Gasteiger partial charge in [-0.25, -0.2) is 4.98 Å². The molecule has 0 fully saturated rings. The number of amides is 2. The van der Waals surface area contributed by atoms with Crippen molar-refractivity contribution in [2.24, 2.45) is 5.92 Å². The zero-order chi connectivity index (χ0) is 19.9. The molecule has 2 amide bonds. The monoisotopic (exact) mass is 382 g/mol. The van der Waals surface area contributed by atoms with Gasteiger partial charge in [0.2, 0.25) is 0 Å². The molecule has 0 unspecified atom stereocenters. The quantitative estimate of drug-likeness (QED) is 0.737. The summed E-state index contributed by atoms with van der Waals surface area (Å²) in [6.45, 7) is 6.16. The van der Waals surface area contributed by atoms with Gasteiger partial charge in [-0.05, 0) is 43.6 Å². The molecule has 2 aromatic rings. The highest BCUT2D eigenvalue weighted by Gasteiger charge is 2.27. The fourth-order valence-electron chi connectivity index (χ4n) is 3.50. The van der Waals surface area contributed by atoms with Gasteiger partial charge in [-0.3, -0.25) is 9.59 Å². The normalized spacial score (nSPS) is 13.2. The van der Waals surface area contributed by atoms with Crippen LogP contribution < -0.4 is 10.6 Å². The van der Waals surface area contributed by atoms with E-state index < -0.39 is 0 Å². The molecule has 6 heteroatoms. The Bertz CT molecular complexity index is 811. The van der Waals surface area contributed by atoms with Crippen LogP contribution in [0.2, 0.25) is 0 Å². The van der Waals surface area contributed by atoms with Crippen molar-refractivity contribution in [1.82, 2.24) is 20.2 Å². The highest BCUT2D eigenvalue weighted by molar-refractivity contribution is 5.97. The van der Waals surface area contributed by atoms with Crippen LogP contribution in [0, 0.1) is 5.92 Å². The van der Waals surface area contributed by atoms with Gasteiger partial charge < -0.3 is 15.2 Å². The summed E-state index contributed by atoms with van der Waals surface area (Å²) in [6, 6.07) is 10.1. The van der Waals surface area contributed by atoms with Crippen LogP contribution in [0.15, 0.2) is 30.3 Å². The average molecular weight is 383 g/mol. The molecular formula is C22H30N4O2. The second-order valence-electron chi connectivity index (χ2n) is 7.77. The Morgan fingerprint density at radius 2 is 1.82 bits per heavy atom. The maximum absolute atomic E-state index is 12.7. The average Bonchev–Trinajstić information content (AvgIpc) is 3.08. The third-order valence-corrected chi connectivity index (χ3v) is 5.09. The summed E-state index contributed by atoms with van der Waals surface area (Å²) in [5, 5.41) is 5.90. The fraction of sp³-hybridized carbons (Fsp3) is 0.500. The number of rotatable bonds is 8. The summed E-state index contributed by atoms with van der Waals surface area (Å²) in [5.41, 5.74) is 2.48. The van der Waals surface area contributed by atoms with Gasteiger partial charge in [0.1, 0.15) is 5.69 Å². The number of nitrogens with zero attached hydrogens (tertiary/aromatic N) is 2. The molecular weight excluding hydrogens is 352 g/mol. The number of nitrogens with one attached hydrogen (secondary N) is 2. The molecule has 1 aliphatic heterocycles. The maximum atomic E-state index is 12.7. The van der Waals surface area contributed by atoms with Gasteiger partial charge in [-0.15, -0.1) is 0 Å². The summed E-state index contributed by atoms with van der Waals surface area (Å²) < 4.78 is 1.93. The first kappa shape index (κ1) is 20.1. The van der Waals surface area contributed by atoms with Gasteiger partial charge in [0.15, 0.2) is 5.82 Å². The first-order valence-electron chi connectivity index (χ1n) is 10.3. The summed E-state index contributed by atoms with van der Waals surface area (Å²) in [4.78, 5) is 29.8. The first-order valence-corrected chi connectivity index (χ1v) is 10.3. The summed E-state index contributed by atoms with van der Waals surface area (Å²) in [6.07, 6.45) is 4.50. The number of carbonyl (C=O) groups excluding carboxylic acids is 2. The molecule has 0 saturated carbocycles. The minimum absolute atomic E-state index is 0.172. The predicted molar refractivity (Wildman–Crippen MR) is 109 cm³/mol. The molecule has 3 rings (SSSR count). The molecule has 2 N–H and O–H groups in total. The Kier molecular flexibility index (Phi) is 6.85. The van der Waals surface area contributed by atoms with Crippen molar-refractivity contribution < 1.29 is 9.59 Å². The van der Waals surface area contributed by atoms with Crippen LogP contribution in [-0.4, -0.2) is 34.5 Å². The summed E-state index contributed by atoms with van der Waals surface area (Å²) >= 11 is 0. The number of carbonyl (C=O) groups is 2. The molecule has 6 nitrogen and oxygen atoms in total. The van der Waals surface area contributed by atoms with E-state index in [0.717, 1.165) is 44.3 Å². The van der Waals surface area contributed by atoms with Crippen LogP contribution in [0.4, 0.5) is 0 Å². The van der Waals surface area contributed by atoms with Crippen molar-refractivity contribution in [1.29, 1.82) is 0 Å². The molecule has 0 spiro atoms. The Morgan fingerprint density at radius 1 is 1.07 bits per heavy atom. The van der Waals surface area contributed by atoms with Crippen LogP contribution >= 0.6 is 0 Å². The van der Waals surface area contributed by atoms with Crippen molar-refractivity contribution in [3.8, 4) is 0 Å². The Hall–Kier alpha value is -2.63. The minimum Gasteiger partial charge on any atom is -0.351 e.